The van der Waals surface area contributed by atoms with E-state index in [0.29, 0.717) is 36.8 Å². The maximum absolute atomic E-state index is 12.7. The minimum atomic E-state index is -0.430. The van der Waals surface area contributed by atoms with Crippen LogP contribution in [0.25, 0.3) is 0 Å². The van der Waals surface area contributed by atoms with Gasteiger partial charge in [0.25, 0.3) is 0 Å². The number of carbonyl (C=O) groups is 1. The summed E-state index contributed by atoms with van der Waals surface area (Å²) in [5, 5.41) is 10.7. The summed E-state index contributed by atoms with van der Waals surface area (Å²) in [5.41, 5.74) is -0.430. The molecule has 4 nitrogen and oxygen atoms in total. The molecule has 0 saturated heterocycles. The molecule has 1 N–H and O–H groups in total. The molecule has 4 aliphatic rings. The van der Waals surface area contributed by atoms with Crippen molar-refractivity contribution in [1.82, 2.24) is 4.90 Å². The zero-order valence-electron chi connectivity index (χ0n) is 15.1. The van der Waals surface area contributed by atoms with E-state index in [1.165, 1.54) is 12.8 Å². The Kier molecular flexibility index (Phi) is 4.48. The van der Waals surface area contributed by atoms with Crippen LogP contribution in [0, 0.1) is 17.8 Å². The minimum absolute atomic E-state index is 0.223. The van der Waals surface area contributed by atoms with E-state index >= 15 is 0 Å². The van der Waals surface area contributed by atoms with Crippen molar-refractivity contribution in [2.75, 3.05) is 13.7 Å². The fourth-order valence-corrected chi connectivity index (χ4v) is 5.86. The molecule has 4 aliphatic carbocycles. The zero-order chi connectivity index (χ0) is 17.4. The predicted molar refractivity (Wildman–Crippen MR) is 96.2 cm³/mol. The highest BCUT2D eigenvalue weighted by atomic mass is 16.5. The van der Waals surface area contributed by atoms with E-state index in [-0.39, 0.29) is 5.91 Å². The van der Waals surface area contributed by atoms with Gasteiger partial charge in [0.1, 0.15) is 5.75 Å². The number of para-hydroxylation sites is 1. The van der Waals surface area contributed by atoms with Gasteiger partial charge in [0.05, 0.1) is 12.2 Å². The summed E-state index contributed by atoms with van der Waals surface area (Å²) in [6, 6.07) is 10.1. The summed E-state index contributed by atoms with van der Waals surface area (Å²) in [5.74, 6) is 2.75. The number of ether oxygens (including phenoxy) is 1. The number of carbonyl (C=O) groups excluding carboxylic acids is 1. The van der Waals surface area contributed by atoms with E-state index < -0.39 is 5.60 Å². The summed E-state index contributed by atoms with van der Waals surface area (Å²) in [6.07, 6.45) is 6.43. The number of nitrogens with zero attached hydrogens (tertiary/aromatic N) is 1. The lowest BCUT2D eigenvalue weighted by Gasteiger charge is -2.59. The maximum Gasteiger partial charge on any atom is 0.222 e. The number of hydrogen-bond donors (Lipinski definition) is 1. The SMILES string of the molecule is CN(C(=O)CCCOc1ccccc1)C1C2CC3CC1CC(O)(C3)C2. The Bertz CT molecular complexity index is 601. The van der Waals surface area contributed by atoms with Gasteiger partial charge in [-0.1, -0.05) is 18.2 Å². The molecular weight excluding hydrogens is 314 g/mol. The summed E-state index contributed by atoms with van der Waals surface area (Å²) in [6.45, 7) is 0.572. The third-order valence-electron chi connectivity index (χ3n) is 6.58. The largest absolute Gasteiger partial charge is 0.494 e. The van der Waals surface area contributed by atoms with E-state index in [1.54, 1.807) is 0 Å². The van der Waals surface area contributed by atoms with Crippen molar-refractivity contribution < 1.29 is 14.6 Å². The average Bonchev–Trinajstić information content (AvgIpc) is 2.57. The van der Waals surface area contributed by atoms with Gasteiger partial charge in [0.15, 0.2) is 0 Å². The van der Waals surface area contributed by atoms with Crippen LogP contribution in [0.1, 0.15) is 44.9 Å². The zero-order valence-corrected chi connectivity index (χ0v) is 15.1. The first-order chi connectivity index (χ1) is 12.0. The van der Waals surface area contributed by atoms with E-state index in [9.17, 15) is 9.90 Å². The molecule has 25 heavy (non-hydrogen) atoms. The summed E-state index contributed by atoms with van der Waals surface area (Å²) < 4.78 is 5.69. The molecule has 4 fully saturated rings. The molecule has 4 heteroatoms. The lowest BCUT2D eigenvalue weighted by molar-refractivity contribution is -0.167. The van der Waals surface area contributed by atoms with Crippen LogP contribution in [0.4, 0.5) is 0 Å². The van der Waals surface area contributed by atoms with E-state index in [4.69, 9.17) is 4.74 Å². The number of benzene rings is 1. The first-order valence-corrected chi connectivity index (χ1v) is 9.70. The second kappa shape index (κ2) is 6.64. The summed E-state index contributed by atoms with van der Waals surface area (Å²) in [4.78, 5) is 14.7. The number of amides is 1. The van der Waals surface area contributed by atoms with Gasteiger partial charge in [0, 0.05) is 19.5 Å². The van der Waals surface area contributed by atoms with E-state index in [1.807, 2.05) is 42.3 Å². The molecule has 2 atom stereocenters. The van der Waals surface area contributed by atoms with Crippen LogP contribution in [0.5, 0.6) is 5.75 Å². The Morgan fingerprint density at radius 3 is 2.52 bits per heavy atom. The van der Waals surface area contributed by atoms with Crippen LogP contribution in [-0.2, 0) is 4.79 Å². The molecule has 0 aromatic heterocycles. The Labute approximate surface area is 150 Å². The lowest BCUT2D eigenvalue weighted by Crippen LogP contribution is -2.61. The van der Waals surface area contributed by atoms with Gasteiger partial charge < -0.3 is 14.7 Å². The highest BCUT2D eigenvalue weighted by Crippen LogP contribution is 2.56. The van der Waals surface area contributed by atoms with Crippen LogP contribution in [0.15, 0.2) is 30.3 Å². The van der Waals surface area contributed by atoms with Crippen LogP contribution in [-0.4, -0.2) is 41.2 Å². The molecule has 1 aromatic rings. The van der Waals surface area contributed by atoms with Crippen molar-refractivity contribution >= 4 is 5.91 Å². The molecule has 2 unspecified atom stereocenters. The smallest absolute Gasteiger partial charge is 0.222 e. The Balaban J connectivity index is 1.28. The third kappa shape index (κ3) is 3.41. The fourth-order valence-electron chi connectivity index (χ4n) is 5.86. The first kappa shape index (κ1) is 16.9. The molecule has 0 aliphatic heterocycles. The second-order valence-electron chi connectivity index (χ2n) is 8.45. The topological polar surface area (TPSA) is 49.8 Å². The van der Waals surface area contributed by atoms with Crippen molar-refractivity contribution in [3.8, 4) is 5.75 Å². The van der Waals surface area contributed by atoms with Crippen LogP contribution >= 0.6 is 0 Å². The van der Waals surface area contributed by atoms with Crippen LogP contribution < -0.4 is 4.74 Å². The van der Waals surface area contributed by atoms with E-state index in [2.05, 4.69) is 0 Å². The third-order valence-corrected chi connectivity index (χ3v) is 6.58. The molecule has 4 saturated carbocycles. The van der Waals surface area contributed by atoms with Crippen LogP contribution in [0.2, 0.25) is 0 Å². The summed E-state index contributed by atoms with van der Waals surface area (Å²) >= 11 is 0. The molecule has 1 aromatic carbocycles. The summed E-state index contributed by atoms with van der Waals surface area (Å²) in [7, 11) is 1.97. The molecule has 5 rings (SSSR count). The van der Waals surface area contributed by atoms with Gasteiger partial charge in [-0.25, -0.2) is 0 Å². The Morgan fingerprint density at radius 1 is 1.20 bits per heavy atom. The highest BCUT2D eigenvalue weighted by Gasteiger charge is 2.56. The van der Waals surface area contributed by atoms with Gasteiger partial charge in [-0.05, 0) is 68.4 Å². The fraction of sp³-hybridized carbons (Fsp3) is 0.667. The second-order valence-corrected chi connectivity index (χ2v) is 8.45. The van der Waals surface area contributed by atoms with Gasteiger partial charge in [-0.15, -0.1) is 0 Å². The van der Waals surface area contributed by atoms with Crippen molar-refractivity contribution in [1.29, 1.82) is 0 Å². The molecular formula is C21H29NO3. The maximum atomic E-state index is 12.7. The highest BCUT2D eigenvalue weighted by molar-refractivity contribution is 5.76. The minimum Gasteiger partial charge on any atom is -0.494 e. The van der Waals surface area contributed by atoms with Gasteiger partial charge >= 0.3 is 0 Å². The average molecular weight is 343 g/mol. The van der Waals surface area contributed by atoms with Crippen molar-refractivity contribution in [2.45, 2.75) is 56.6 Å². The Hall–Kier alpha value is -1.55. The number of rotatable bonds is 6. The van der Waals surface area contributed by atoms with Crippen LogP contribution in [0.3, 0.4) is 0 Å². The lowest BCUT2D eigenvalue weighted by atomic mass is 9.52. The Morgan fingerprint density at radius 2 is 1.88 bits per heavy atom. The normalized spacial score (nSPS) is 35.6. The molecule has 0 radical (unpaired) electrons. The standard InChI is InChI=1S/C21H29NO3/c1-22(19(23)8-5-9-25-18-6-3-2-4-7-18)20-16-10-15-11-17(20)14-21(24,12-15)13-16/h2-4,6-7,15-17,20,24H,5,8-14H2,1H3. The molecule has 0 heterocycles. The predicted octanol–water partition coefficient (Wildman–Crippen LogP) is 3.24. The first-order valence-electron chi connectivity index (χ1n) is 9.70. The van der Waals surface area contributed by atoms with Crippen molar-refractivity contribution in [2.24, 2.45) is 17.8 Å². The van der Waals surface area contributed by atoms with Crippen molar-refractivity contribution in [3.05, 3.63) is 30.3 Å². The number of aliphatic hydroxyl groups is 1. The molecule has 4 bridgehead atoms. The number of hydrogen-bond acceptors (Lipinski definition) is 3. The molecule has 136 valence electrons. The quantitative estimate of drug-likeness (QED) is 0.807. The van der Waals surface area contributed by atoms with Crippen molar-refractivity contribution in [3.63, 3.8) is 0 Å². The molecule has 1 amide bonds. The van der Waals surface area contributed by atoms with E-state index in [0.717, 1.165) is 31.4 Å². The van der Waals surface area contributed by atoms with Gasteiger partial charge in [-0.3, -0.25) is 4.79 Å². The molecule has 0 spiro atoms. The monoisotopic (exact) mass is 343 g/mol. The van der Waals surface area contributed by atoms with Gasteiger partial charge in [0.2, 0.25) is 5.91 Å². The van der Waals surface area contributed by atoms with Gasteiger partial charge in [-0.2, -0.15) is 0 Å².